The summed E-state index contributed by atoms with van der Waals surface area (Å²) in [7, 11) is 0. The molecule has 5 heteroatoms. The minimum atomic E-state index is 0.112. The van der Waals surface area contributed by atoms with Crippen molar-refractivity contribution in [2.24, 2.45) is 0 Å². The molecule has 34 heavy (non-hydrogen) atoms. The Morgan fingerprint density at radius 2 is 1.85 bits per heavy atom. The van der Waals surface area contributed by atoms with Crippen molar-refractivity contribution in [2.45, 2.75) is 64.2 Å². The molecule has 1 aliphatic heterocycles. The maximum atomic E-state index is 13.6. The van der Waals surface area contributed by atoms with E-state index >= 15 is 0 Å². The van der Waals surface area contributed by atoms with Crippen LogP contribution in [0.25, 0.3) is 11.3 Å². The second-order valence-corrected chi connectivity index (χ2v) is 9.74. The fraction of sp³-hybridized carbons (Fsp3) is 0.414. The summed E-state index contributed by atoms with van der Waals surface area (Å²) in [5, 5.41) is 9.47. The van der Waals surface area contributed by atoms with E-state index in [1.165, 1.54) is 24.8 Å². The molecule has 0 atom stereocenters. The van der Waals surface area contributed by atoms with Gasteiger partial charge in [0.2, 0.25) is 0 Å². The lowest BCUT2D eigenvalue weighted by atomic mass is 9.76. The van der Waals surface area contributed by atoms with Crippen molar-refractivity contribution in [2.75, 3.05) is 13.1 Å². The van der Waals surface area contributed by atoms with Crippen molar-refractivity contribution in [3.05, 3.63) is 76.2 Å². The lowest BCUT2D eigenvalue weighted by Gasteiger charge is -2.33. The maximum absolute atomic E-state index is 13.6. The number of carbonyl (C=O) groups is 1. The second-order valence-electron chi connectivity index (χ2n) is 9.74. The number of aromatic amines is 1. The molecule has 0 bridgehead atoms. The number of nitrogens with zero attached hydrogens (tertiary/aromatic N) is 3. The van der Waals surface area contributed by atoms with Crippen LogP contribution in [0.5, 0.6) is 0 Å². The number of aromatic nitrogens is 2. The molecule has 2 fully saturated rings. The highest BCUT2D eigenvalue weighted by atomic mass is 16.2. The minimum Gasteiger partial charge on any atom is -0.342 e. The van der Waals surface area contributed by atoms with Gasteiger partial charge in [0.15, 0.2) is 0 Å². The molecule has 1 amide bonds. The van der Waals surface area contributed by atoms with Crippen LogP contribution in [-0.2, 0) is 6.42 Å². The zero-order chi connectivity index (χ0) is 23.7. The summed E-state index contributed by atoms with van der Waals surface area (Å²) in [4.78, 5) is 23.6. The summed E-state index contributed by atoms with van der Waals surface area (Å²) in [6, 6.07) is 14.5. The van der Waals surface area contributed by atoms with Gasteiger partial charge in [-0.15, -0.1) is 0 Å². The van der Waals surface area contributed by atoms with E-state index in [2.05, 4.69) is 48.1 Å². The van der Waals surface area contributed by atoms with Crippen LogP contribution >= 0.6 is 0 Å². The summed E-state index contributed by atoms with van der Waals surface area (Å²) >= 11 is 0. The molecule has 0 radical (unpaired) electrons. The molecule has 2 aromatic carbocycles. The van der Waals surface area contributed by atoms with Gasteiger partial charge < -0.3 is 9.88 Å². The Labute approximate surface area is 201 Å². The highest BCUT2D eigenvalue weighted by Gasteiger charge is 2.29. The standard InChI is InChI=1S/C29H32N4O/c1-3-28-31-18-27(32-28)26-16-24(19(2)15-25(26)20-8-6-9-20)29(34)33-13-11-21(12-14-33)23-10-5-4-7-22(23)17-30/h4-5,7,10,15-16,18,20-21H,3,6,8-9,11-14H2,1-2H3,(H,31,32). The first-order chi connectivity index (χ1) is 16.6. The topological polar surface area (TPSA) is 72.8 Å². The smallest absolute Gasteiger partial charge is 0.254 e. The second kappa shape index (κ2) is 9.46. The third-order valence-electron chi connectivity index (χ3n) is 7.73. The van der Waals surface area contributed by atoms with Gasteiger partial charge >= 0.3 is 0 Å². The van der Waals surface area contributed by atoms with E-state index in [9.17, 15) is 10.1 Å². The minimum absolute atomic E-state index is 0.112. The first-order valence-electron chi connectivity index (χ1n) is 12.6. The fourth-order valence-corrected chi connectivity index (χ4v) is 5.45. The van der Waals surface area contributed by atoms with Crippen LogP contribution < -0.4 is 0 Å². The fourth-order valence-electron chi connectivity index (χ4n) is 5.45. The van der Waals surface area contributed by atoms with Crippen LogP contribution in [-0.4, -0.2) is 33.9 Å². The molecule has 2 aliphatic rings. The number of nitriles is 1. The number of amides is 1. The lowest BCUT2D eigenvalue weighted by Crippen LogP contribution is -2.38. The number of aryl methyl sites for hydroxylation is 2. The SMILES string of the molecule is CCc1ncc(-c2cc(C(=O)N3CCC(c4ccccc4C#N)CC3)c(C)cc2C2CCC2)[nH]1. The van der Waals surface area contributed by atoms with E-state index in [1.807, 2.05) is 29.3 Å². The summed E-state index contributed by atoms with van der Waals surface area (Å²) in [5.41, 5.74) is 7.21. The molecule has 174 valence electrons. The number of piperidine rings is 1. The lowest BCUT2D eigenvalue weighted by molar-refractivity contribution is 0.0712. The predicted octanol–water partition coefficient (Wildman–Crippen LogP) is 6.11. The third kappa shape index (κ3) is 4.14. The van der Waals surface area contributed by atoms with Crippen LogP contribution in [0.1, 0.15) is 89.3 Å². The number of benzene rings is 2. The number of nitrogens with one attached hydrogen (secondary N) is 1. The number of imidazole rings is 1. The van der Waals surface area contributed by atoms with Gasteiger partial charge in [-0.2, -0.15) is 5.26 Å². The highest BCUT2D eigenvalue weighted by Crippen LogP contribution is 2.42. The number of likely N-dealkylation sites (tertiary alicyclic amines) is 1. The molecule has 0 unspecified atom stereocenters. The molecule has 0 spiro atoms. The van der Waals surface area contributed by atoms with Crippen LogP contribution in [0.2, 0.25) is 0 Å². The molecular weight excluding hydrogens is 420 g/mol. The maximum Gasteiger partial charge on any atom is 0.254 e. The van der Waals surface area contributed by atoms with Gasteiger partial charge in [0.05, 0.1) is 23.5 Å². The van der Waals surface area contributed by atoms with Crippen LogP contribution in [0.4, 0.5) is 0 Å². The van der Waals surface area contributed by atoms with Crippen molar-refractivity contribution >= 4 is 5.91 Å². The van der Waals surface area contributed by atoms with E-state index < -0.39 is 0 Å². The predicted molar refractivity (Wildman–Crippen MR) is 134 cm³/mol. The number of hydrogen-bond donors (Lipinski definition) is 1. The van der Waals surface area contributed by atoms with Gasteiger partial charge in [0, 0.05) is 30.6 Å². The largest absolute Gasteiger partial charge is 0.342 e. The zero-order valence-corrected chi connectivity index (χ0v) is 20.1. The first-order valence-corrected chi connectivity index (χ1v) is 12.6. The molecule has 1 N–H and O–H groups in total. The summed E-state index contributed by atoms with van der Waals surface area (Å²) in [6.45, 7) is 5.59. The van der Waals surface area contributed by atoms with Crippen molar-refractivity contribution in [3.8, 4) is 17.3 Å². The van der Waals surface area contributed by atoms with Crippen molar-refractivity contribution < 1.29 is 4.79 Å². The number of H-pyrrole nitrogens is 1. The molecule has 2 heterocycles. The van der Waals surface area contributed by atoms with Gasteiger partial charge in [-0.05, 0) is 73.3 Å². The molecule has 1 aliphatic carbocycles. The third-order valence-corrected chi connectivity index (χ3v) is 7.73. The van der Waals surface area contributed by atoms with E-state index in [0.29, 0.717) is 24.9 Å². The molecular formula is C29H32N4O. The molecule has 1 aromatic heterocycles. The number of rotatable bonds is 5. The Kier molecular flexibility index (Phi) is 6.24. The van der Waals surface area contributed by atoms with Crippen molar-refractivity contribution in [1.82, 2.24) is 14.9 Å². The van der Waals surface area contributed by atoms with Gasteiger partial charge in [0.1, 0.15) is 5.82 Å². The van der Waals surface area contributed by atoms with Crippen molar-refractivity contribution in [1.29, 1.82) is 5.26 Å². The molecule has 1 saturated heterocycles. The quantitative estimate of drug-likeness (QED) is 0.508. The van der Waals surface area contributed by atoms with Crippen LogP contribution in [0.3, 0.4) is 0 Å². The van der Waals surface area contributed by atoms with Crippen LogP contribution in [0, 0.1) is 18.3 Å². The summed E-state index contributed by atoms with van der Waals surface area (Å²) in [5.74, 6) is 1.99. The Bertz CT molecular complexity index is 1240. The molecule has 1 saturated carbocycles. The Balaban J connectivity index is 1.40. The van der Waals surface area contributed by atoms with Crippen LogP contribution in [0.15, 0.2) is 42.6 Å². The molecule has 5 rings (SSSR count). The normalized spacial score (nSPS) is 16.8. The van der Waals surface area contributed by atoms with E-state index in [-0.39, 0.29) is 5.91 Å². The monoisotopic (exact) mass is 452 g/mol. The van der Waals surface area contributed by atoms with E-state index in [1.54, 1.807) is 0 Å². The molecule has 3 aromatic rings. The average molecular weight is 453 g/mol. The Morgan fingerprint density at radius 1 is 1.12 bits per heavy atom. The number of carbonyl (C=O) groups excluding carboxylic acids is 1. The van der Waals surface area contributed by atoms with E-state index in [0.717, 1.165) is 58.6 Å². The summed E-state index contributed by atoms with van der Waals surface area (Å²) in [6.07, 6.45) is 8.25. The number of hydrogen-bond acceptors (Lipinski definition) is 3. The Morgan fingerprint density at radius 3 is 2.50 bits per heavy atom. The highest BCUT2D eigenvalue weighted by molar-refractivity contribution is 5.97. The zero-order valence-electron chi connectivity index (χ0n) is 20.1. The summed E-state index contributed by atoms with van der Waals surface area (Å²) < 4.78 is 0. The van der Waals surface area contributed by atoms with Crippen molar-refractivity contribution in [3.63, 3.8) is 0 Å². The molecule has 5 nitrogen and oxygen atoms in total. The van der Waals surface area contributed by atoms with E-state index in [4.69, 9.17) is 0 Å². The Hall–Kier alpha value is -3.39. The first kappa shape index (κ1) is 22.4. The van der Waals surface area contributed by atoms with Gasteiger partial charge in [-0.25, -0.2) is 4.98 Å². The van der Waals surface area contributed by atoms with Gasteiger partial charge in [-0.1, -0.05) is 37.6 Å². The average Bonchev–Trinajstić information content (AvgIpc) is 3.32. The van der Waals surface area contributed by atoms with Gasteiger partial charge in [0.25, 0.3) is 5.91 Å². The van der Waals surface area contributed by atoms with Gasteiger partial charge in [-0.3, -0.25) is 4.79 Å².